The van der Waals surface area contributed by atoms with E-state index in [0.717, 1.165) is 18.2 Å². The fourth-order valence-electron chi connectivity index (χ4n) is 1.64. The van der Waals surface area contributed by atoms with Crippen molar-refractivity contribution in [3.63, 3.8) is 0 Å². The van der Waals surface area contributed by atoms with Gasteiger partial charge in [0.25, 0.3) is 0 Å². The van der Waals surface area contributed by atoms with E-state index in [1.54, 1.807) is 0 Å². The van der Waals surface area contributed by atoms with E-state index in [2.05, 4.69) is 31.1 Å². The lowest BCUT2D eigenvalue weighted by Crippen LogP contribution is -2.21. The molecule has 0 bridgehead atoms. The summed E-state index contributed by atoms with van der Waals surface area (Å²) in [5, 5.41) is 3.48. The predicted molar refractivity (Wildman–Crippen MR) is 66.0 cm³/mol. The standard InChI is InChI=1S/C13H22N2/c1-4-11(3)10-12(5-2)15-13-8-6-7-9-14-13/h6-9,11-12H,4-5,10H2,1-3H3,(H,14,15). The van der Waals surface area contributed by atoms with Crippen LogP contribution in [0.3, 0.4) is 0 Å². The van der Waals surface area contributed by atoms with E-state index >= 15 is 0 Å². The van der Waals surface area contributed by atoms with Crippen LogP contribution in [-0.4, -0.2) is 11.0 Å². The molecule has 15 heavy (non-hydrogen) atoms. The average molecular weight is 206 g/mol. The van der Waals surface area contributed by atoms with Crippen LogP contribution in [0.15, 0.2) is 24.4 Å². The largest absolute Gasteiger partial charge is 0.367 e. The molecule has 0 aliphatic rings. The summed E-state index contributed by atoms with van der Waals surface area (Å²) in [5.74, 6) is 1.78. The van der Waals surface area contributed by atoms with Gasteiger partial charge in [0.15, 0.2) is 0 Å². The van der Waals surface area contributed by atoms with Crippen LogP contribution < -0.4 is 5.32 Å². The first kappa shape index (κ1) is 12.0. The molecule has 1 aromatic heterocycles. The molecule has 1 N–H and O–H groups in total. The summed E-state index contributed by atoms with van der Waals surface area (Å²) >= 11 is 0. The second-order valence-electron chi connectivity index (χ2n) is 4.21. The summed E-state index contributed by atoms with van der Waals surface area (Å²) in [5.41, 5.74) is 0. The molecule has 2 nitrogen and oxygen atoms in total. The van der Waals surface area contributed by atoms with Crippen molar-refractivity contribution in [2.75, 3.05) is 5.32 Å². The van der Waals surface area contributed by atoms with Gasteiger partial charge in [-0.15, -0.1) is 0 Å². The van der Waals surface area contributed by atoms with Gasteiger partial charge in [0.1, 0.15) is 5.82 Å². The van der Waals surface area contributed by atoms with E-state index in [1.807, 2.05) is 24.4 Å². The Morgan fingerprint density at radius 2 is 2.07 bits per heavy atom. The quantitative estimate of drug-likeness (QED) is 0.767. The Balaban J connectivity index is 2.47. The SMILES string of the molecule is CCC(C)CC(CC)Nc1ccccn1. The molecule has 0 fully saturated rings. The molecule has 0 aliphatic heterocycles. The van der Waals surface area contributed by atoms with E-state index in [9.17, 15) is 0 Å². The van der Waals surface area contributed by atoms with Crippen molar-refractivity contribution in [3.8, 4) is 0 Å². The third-order valence-electron chi connectivity index (χ3n) is 2.89. The lowest BCUT2D eigenvalue weighted by Gasteiger charge is -2.20. The van der Waals surface area contributed by atoms with Gasteiger partial charge in [-0.25, -0.2) is 4.98 Å². The van der Waals surface area contributed by atoms with Gasteiger partial charge in [0.2, 0.25) is 0 Å². The van der Waals surface area contributed by atoms with Gasteiger partial charge < -0.3 is 5.32 Å². The third-order valence-corrected chi connectivity index (χ3v) is 2.89. The van der Waals surface area contributed by atoms with E-state index < -0.39 is 0 Å². The number of hydrogen-bond donors (Lipinski definition) is 1. The lowest BCUT2D eigenvalue weighted by molar-refractivity contribution is 0.461. The molecule has 0 aliphatic carbocycles. The smallest absolute Gasteiger partial charge is 0.126 e. The first-order chi connectivity index (χ1) is 7.26. The predicted octanol–water partition coefficient (Wildman–Crippen LogP) is 3.71. The van der Waals surface area contributed by atoms with Crippen molar-refractivity contribution in [1.29, 1.82) is 0 Å². The highest BCUT2D eigenvalue weighted by atomic mass is 15.0. The van der Waals surface area contributed by atoms with Gasteiger partial charge in [0, 0.05) is 12.2 Å². The topological polar surface area (TPSA) is 24.9 Å². The summed E-state index contributed by atoms with van der Waals surface area (Å²) in [6.45, 7) is 6.78. The monoisotopic (exact) mass is 206 g/mol. The molecular formula is C13H22N2. The maximum absolute atomic E-state index is 4.29. The molecule has 0 amide bonds. The summed E-state index contributed by atoms with van der Waals surface area (Å²) in [6, 6.07) is 6.54. The van der Waals surface area contributed by atoms with Crippen LogP contribution >= 0.6 is 0 Å². The minimum absolute atomic E-state index is 0.551. The van der Waals surface area contributed by atoms with Crippen LogP contribution in [0.1, 0.15) is 40.0 Å². The summed E-state index contributed by atoms with van der Waals surface area (Å²) in [4.78, 5) is 4.29. The fraction of sp³-hybridized carbons (Fsp3) is 0.615. The molecule has 0 spiro atoms. The van der Waals surface area contributed by atoms with Gasteiger partial charge in [-0.2, -0.15) is 0 Å². The van der Waals surface area contributed by atoms with Crippen LogP contribution in [-0.2, 0) is 0 Å². The number of nitrogens with one attached hydrogen (secondary N) is 1. The molecule has 2 atom stereocenters. The lowest BCUT2D eigenvalue weighted by atomic mass is 9.98. The molecular weight excluding hydrogens is 184 g/mol. The summed E-state index contributed by atoms with van der Waals surface area (Å²) in [6.07, 6.45) is 5.46. The second kappa shape index (κ2) is 6.44. The Labute approximate surface area is 93.1 Å². The molecule has 1 rings (SSSR count). The number of anilines is 1. The van der Waals surface area contributed by atoms with E-state index in [0.29, 0.717) is 6.04 Å². The van der Waals surface area contributed by atoms with Crippen LogP contribution in [0.2, 0.25) is 0 Å². The van der Waals surface area contributed by atoms with E-state index in [4.69, 9.17) is 0 Å². The number of pyridine rings is 1. The third kappa shape index (κ3) is 4.32. The first-order valence-electron chi connectivity index (χ1n) is 5.93. The Kier molecular flexibility index (Phi) is 5.16. The number of hydrogen-bond acceptors (Lipinski definition) is 2. The minimum atomic E-state index is 0.551. The molecule has 1 heterocycles. The zero-order valence-electron chi connectivity index (χ0n) is 10.0. The Morgan fingerprint density at radius 3 is 2.60 bits per heavy atom. The maximum atomic E-state index is 4.29. The number of aromatic nitrogens is 1. The molecule has 1 aromatic rings. The molecule has 2 unspecified atom stereocenters. The molecule has 0 radical (unpaired) electrons. The van der Waals surface area contributed by atoms with Crippen molar-refractivity contribution >= 4 is 5.82 Å². The second-order valence-corrected chi connectivity index (χ2v) is 4.21. The van der Waals surface area contributed by atoms with Gasteiger partial charge in [-0.3, -0.25) is 0 Å². The van der Waals surface area contributed by atoms with Crippen LogP contribution in [0.5, 0.6) is 0 Å². The summed E-state index contributed by atoms with van der Waals surface area (Å²) < 4.78 is 0. The summed E-state index contributed by atoms with van der Waals surface area (Å²) in [7, 11) is 0. The highest BCUT2D eigenvalue weighted by Crippen LogP contribution is 2.15. The van der Waals surface area contributed by atoms with Crippen molar-refractivity contribution in [1.82, 2.24) is 4.98 Å². The number of rotatable bonds is 6. The van der Waals surface area contributed by atoms with Gasteiger partial charge in [0.05, 0.1) is 0 Å². The van der Waals surface area contributed by atoms with Gasteiger partial charge >= 0.3 is 0 Å². The maximum Gasteiger partial charge on any atom is 0.126 e. The van der Waals surface area contributed by atoms with Gasteiger partial charge in [-0.05, 0) is 30.9 Å². The van der Waals surface area contributed by atoms with Gasteiger partial charge in [-0.1, -0.05) is 33.3 Å². The molecule has 0 saturated carbocycles. The first-order valence-corrected chi connectivity index (χ1v) is 5.93. The molecule has 0 saturated heterocycles. The van der Waals surface area contributed by atoms with Crippen LogP contribution in [0, 0.1) is 5.92 Å². The average Bonchev–Trinajstić information content (AvgIpc) is 2.29. The van der Waals surface area contributed by atoms with Crippen LogP contribution in [0.25, 0.3) is 0 Å². The minimum Gasteiger partial charge on any atom is -0.367 e. The highest BCUT2D eigenvalue weighted by Gasteiger charge is 2.10. The zero-order valence-corrected chi connectivity index (χ0v) is 10.0. The molecule has 2 heteroatoms. The highest BCUT2D eigenvalue weighted by molar-refractivity contribution is 5.34. The molecule has 0 aromatic carbocycles. The zero-order chi connectivity index (χ0) is 11.1. The van der Waals surface area contributed by atoms with E-state index in [-0.39, 0.29) is 0 Å². The normalized spacial score (nSPS) is 14.6. The molecule has 84 valence electrons. The number of nitrogens with zero attached hydrogens (tertiary/aromatic N) is 1. The fourth-order valence-corrected chi connectivity index (χ4v) is 1.64. The van der Waals surface area contributed by atoms with E-state index in [1.165, 1.54) is 12.8 Å². The van der Waals surface area contributed by atoms with Crippen molar-refractivity contribution in [3.05, 3.63) is 24.4 Å². The van der Waals surface area contributed by atoms with Crippen LogP contribution in [0.4, 0.5) is 5.82 Å². The van der Waals surface area contributed by atoms with Crippen molar-refractivity contribution in [2.24, 2.45) is 5.92 Å². The van der Waals surface area contributed by atoms with Crippen molar-refractivity contribution in [2.45, 2.75) is 46.1 Å². The van der Waals surface area contributed by atoms with Crippen molar-refractivity contribution < 1.29 is 0 Å². The Bertz CT molecular complexity index is 258. The Hall–Kier alpha value is -1.05. The Morgan fingerprint density at radius 1 is 1.27 bits per heavy atom.